The summed E-state index contributed by atoms with van der Waals surface area (Å²) in [6.07, 6.45) is 4.71. The van der Waals surface area contributed by atoms with Crippen LogP contribution >= 0.6 is 0 Å². The van der Waals surface area contributed by atoms with Gasteiger partial charge in [-0.1, -0.05) is 0 Å². The van der Waals surface area contributed by atoms with Crippen molar-refractivity contribution in [3.8, 4) is 0 Å². The van der Waals surface area contributed by atoms with E-state index in [1.54, 1.807) is 0 Å². The van der Waals surface area contributed by atoms with E-state index in [2.05, 4.69) is 5.32 Å². The van der Waals surface area contributed by atoms with Gasteiger partial charge in [0.15, 0.2) is 0 Å². The predicted molar refractivity (Wildman–Crippen MR) is 71.7 cm³/mol. The minimum absolute atomic E-state index is 0.00457. The van der Waals surface area contributed by atoms with Crippen LogP contribution in [0.15, 0.2) is 23.1 Å². The van der Waals surface area contributed by atoms with Crippen LogP contribution in [0.1, 0.15) is 19.3 Å². The molecule has 0 aliphatic carbocycles. The number of aromatic nitrogens is 1. The Bertz CT molecular complexity index is 492. The van der Waals surface area contributed by atoms with Crippen LogP contribution in [-0.4, -0.2) is 29.7 Å². The number of nitrogens with one attached hydrogen (secondary N) is 1. The van der Waals surface area contributed by atoms with Gasteiger partial charge in [0, 0.05) is 31.1 Å². The molecule has 1 aliphatic heterocycles. The van der Waals surface area contributed by atoms with Crippen LogP contribution in [0, 0.1) is 0 Å². The van der Waals surface area contributed by atoms with E-state index in [1.165, 1.54) is 22.9 Å². The number of hydrogen-bond acceptors (Lipinski definition) is 4. The standard InChI is InChI=1S/C13H19N3O3/c14-10-3-4-13(18)16(8-10)9-12(17)15-6-5-11-2-1-7-19-11/h3-4,8,11H,1-2,5-7,9,14H2,(H,15,17). The highest BCUT2D eigenvalue weighted by Gasteiger charge is 2.15. The zero-order valence-electron chi connectivity index (χ0n) is 10.8. The summed E-state index contributed by atoms with van der Waals surface area (Å²) in [4.78, 5) is 23.2. The molecule has 1 amide bonds. The maximum atomic E-state index is 11.7. The lowest BCUT2D eigenvalue weighted by Gasteiger charge is -2.11. The van der Waals surface area contributed by atoms with Gasteiger partial charge >= 0.3 is 0 Å². The topological polar surface area (TPSA) is 86.4 Å². The Balaban J connectivity index is 1.77. The number of nitrogens with two attached hydrogens (primary N) is 1. The maximum absolute atomic E-state index is 11.7. The predicted octanol–water partition coefficient (Wildman–Crippen LogP) is 0.116. The Labute approximate surface area is 111 Å². The van der Waals surface area contributed by atoms with Gasteiger partial charge < -0.3 is 20.4 Å². The van der Waals surface area contributed by atoms with Crippen molar-refractivity contribution < 1.29 is 9.53 Å². The van der Waals surface area contributed by atoms with Crippen LogP contribution in [0.5, 0.6) is 0 Å². The van der Waals surface area contributed by atoms with Crippen molar-refractivity contribution in [3.63, 3.8) is 0 Å². The summed E-state index contributed by atoms with van der Waals surface area (Å²) in [5, 5.41) is 2.79. The number of carbonyl (C=O) groups excluding carboxylic acids is 1. The average molecular weight is 265 g/mol. The third-order valence-electron chi connectivity index (χ3n) is 3.13. The van der Waals surface area contributed by atoms with Gasteiger partial charge in [-0.15, -0.1) is 0 Å². The molecule has 0 spiro atoms. The van der Waals surface area contributed by atoms with Crippen LogP contribution in [-0.2, 0) is 16.1 Å². The summed E-state index contributed by atoms with van der Waals surface area (Å²) in [5.74, 6) is -0.189. The van der Waals surface area contributed by atoms with Crippen LogP contribution in [0.2, 0.25) is 0 Å². The molecule has 1 aromatic heterocycles. The lowest BCUT2D eigenvalue weighted by Crippen LogP contribution is -2.33. The monoisotopic (exact) mass is 265 g/mol. The molecule has 19 heavy (non-hydrogen) atoms. The SMILES string of the molecule is Nc1ccc(=O)n(CC(=O)NCCC2CCCO2)c1. The highest BCUT2D eigenvalue weighted by atomic mass is 16.5. The van der Waals surface area contributed by atoms with Crippen LogP contribution in [0.4, 0.5) is 5.69 Å². The van der Waals surface area contributed by atoms with E-state index >= 15 is 0 Å². The molecule has 6 nitrogen and oxygen atoms in total. The van der Waals surface area contributed by atoms with E-state index in [9.17, 15) is 9.59 Å². The number of nitrogens with zero attached hydrogens (tertiary/aromatic N) is 1. The summed E-state index contributed by atoms with van der Waals surface area (Å²) < 4.78 is 6.77. The second-order valence-corrected chi connectivity index (χ2v) is 4.70. The average Bonchev–Trinajstić information content (AvgIpc) is 2.87. The van der Waals surface area contributed by atoms with Crippen molar-refractivity contribution in [1.82, 2.24) is 9.88 Å². The Morgan fingerprint density at radius 2 is 2.37 bits per heavy atom. The molecule has 104 valence electrons. The highest BCUT2D eigenvalue weighted by Crippen LogP contribution is 2.14. The van der Waals surface area contributed by atoms with E-state index in [4.69, 9.17) is 10.5 Å². The molecule has 1 saturated heterocycles. The van der Waals surface area contributed by atoms with Crippen LogP contribution < -0.4 is 16.6 Å². The number of pyridine rings is 1. The quantitative estimate of drug-likeness (QED) is 0.791. The largest absolute Gasteiger partial charge is 0.398 e. The molecule has 3 N–H and O–H groups in total. The molecule has 6 heteroatoms. The Morgan fingerprint density at radius 3 is 3.11 bits per heavy atom. The smallest absolute Gasteiger partial charge is 0.251 e. The van der Waals surface area contributed by atoms with Crippen molar-refractivity contribution in [3.05, 3.63) is 28.7 Å². The molecular weight excluding hydrogens is 246 g/mol. The highest BCUT2D eigenvalue weighted by molar-refractivity contribution is 5.75. The minimum atomic E-state index is -0.233. The van der Waals surface area contributed by atoms with Crippen molar-refractivity contribution in [2.45, 2.75) is 31.9 Å². The van der Waals surface area contributed by atoms with Gasteiger partial charge in [0.05, 0.1) is 6.10 Å². The molecular formula is C13H19N3O3. The lowest BCUT2D eigenvalue weighted by molar-refractivity contribution is -0.121. The van der Waals surface area contributed by atoms with Gasteiger partial charge in [-0.25, -0.2) is 0 Å². The van der Waals surface area contributed by atoms with Gasteiger partial charge in [0.25, 0.3) is 5.56 Å². The molecule has 1 atom stereocenters. The van der Waals surface area contributed by atoms with Crippen LogP contribution in [0.3, 0.4) is 0 Å². The second kappa shape index (κ2) is 6.38. The van der Waals surface area contributed by atoms with E-state index in [0.717, 1.165) is 25.9 Å². The summed E-state index contributed by atoms with van der Waals surface area (Å²) >= 11 is 0. The number of carbonyl (C=O) groups is 1. The molecule has 2 heterocycles. The third-order valence-corrected chi connectivity index (χ3v) is 3.13. The van der Waals surface area contributed by atoms with Crippen molar-refractivity contribution in [2.75, 3.05) is 18.9 Å². The first-order chi connectivity index (χ1) is 9.15. The fraction of sp³-hybridized carbons (Fsp3) is 0.538. The normalized spacial score (nSPS) is 18.4. The molecule has 0 bridgehead atoms. The van der Waals surface area contributed by atoms with Crippen molar-refractivity contribution in [1.29, 1.82) is 0 Å². The summed E-state index contributed by atoms with van der Waals surface area (Å²) in [6, 6.07) is 2.88. The molecule has 0 radical (unpaired) electrons. The number of ether oxygens (including phenoxy) is 1. The lowest BCUT2D eigenvalue weighted by atomic mass is 10.2. The molecule has 1 aliphatic rings. The van der Waals surface area contributed by atoms with E-state index < -0.39 is 0 Å². The summed E-state index contributed by atoms with van der Waals surface area (Å²) in [5.41, 5.74) is 5.81. The van der Waals surface area contributed by atoms with Gasteiger partial charge in [-0.2, -0.15) is 0 Å². The first-order valence-corrected chi connectivity index (χ1v) is 6.49. The third kappa shape index (κ3) is 4.10. The Morgan fingerprint density at radius 1 is 1.53 bits per heavy atom. The van der Waals surface area contributed by atoms with Crippen LogP contribution in [0.25, 0.3) is 0 Å². The number of hydrogen-bond donors (Lipinski definition) is 2. The first kappa shape index (κ1) is 13.6. The van der Waals surface area contributed by atoms with E-state index in [-0.39, 0.29) is 24.1 Å². The molecule has 0 saturated carbocycles. The van der Waals surface area contributed by atoms with Gasteiger partial charge in [0.1, 0.15) is 6.54 Å². The number of anilines is 1. The first-order valence-electron chi connectivity index (χ1n) is 6.49. The van der Waals surface area contributed by atoms with Gasteiger partial charge in [-0.3, -0.25) is 9.59 Å². The zero-order valence-corrected chi connectivity index (χ0v) is 10.8. The van der Waals surface area contributed by atoms with E-state index in [1.807, 2.05) is 0 Å². The van der Waals surface area contributed by atoms with Gasteiger partial charge in [-0.05, 0) is 25.3 Å². The molecule has 2 rings (SSSR count). The Kier molecular flexibility index (Phi) is 4.57. The summed E-state index contributed by atoms with van der Waals surface area (Å²) in [6.45, 7) is 1.38. The molecule has 0 aromatic carbocycles. The van der Waals surface area contributed by atoms with Gasteiger partial charge in [0.2, 0.25) is 5.91 Å². The molecule has 1 fully saturated rings. The minimum Gasteiger partial charge on any atom is -0.398 e. The molecule has 1 aromatic rings. The summed E-state index contributed by atoms with van der Waals surface area (Å²) in [7, 11) is 0. The number of nitrogen functional groups attached to an aromatic ring is 1. The van der Waals surface area contributed by atoms with Crippen molar-refractivity contribution >= 4 is 11.6 Å². The van der Waals surface area contributed by atoms with Crippen molar-refractivity contribution in [2.24, 2.45) is 0 Å². The number of amides is 1. The number of rotatable bonds is 5. The van der Waals surface area contributed by atoms with E-state index in [0.29, 0.717) is 12.2 Å². The maximum Gasteiger partial charge on any atom is 0.251 e. The zero-order chi connectivity index (χ0) is 13.7. The second-order valence-electron chi connectivity index (χ2n) is 4.70. The fourth-order valence-electron chi connectivity index (χ4n) is 2.13. The fourth-order valence-corrected chi connectivity index (χ4v) is 2.13. The Hall–Kier alpha value is -1.82. The molecule has 1 unspecified atom stereocenters.